The van der Waals surface area contributed by atoms with Gasteiger partial charge in [-0.25, -0.2) is 0 Å². The molecule has 1 aromatic rings. The first kappa shape index (κ1) is 16.6. The van der Waals surface area contributed by atoms with E-state index in [0.29, 0.717) is 22.5 Å². The summed E-state index contributed by atoms with van der Waals surface area (Å²) in [4.78, 5) is 14.5. The predicted molar refractivity (Wildman–Crippen MR) is 88.1 cm³/mol. The minimum Gasteiger partial charge on any atom is -0.341 e. The summed E-state index contributed by atoms with van der Waals surface area (Å²) in [7, 11) is 0. The molecule has 0 bridgehead atoms. The lowest BCUT2D eigenvalue weighted by atomic mass is 10.1. The summed E-state index contributed by atoms with van der Waals surface area (Å²) in [6.07, 6.45) is 3.70. The van der Waals surface area contributed by atoms with Crippen molar-refractivity contribution in [3.8, 4) is 0 Å². The Morgan fingerprint density at radius 2 is 2.19 bits per heavy atom. The Bertz CT molecular complexity index is 487. The van der Waals surface area contributed by atoms with Crippen molar-refractivity contribution < 1.29 is 4.79 Å². The Morgan fingerprint density at radius 1 is 1.38 bits per heavy atom. The van der Waals surface area contributed by atoms with Gasteiger partial charge in [-0.1, -0.05) is 36.2 Å². The Morgan fingerprint density at radius 3 is 2.81 bits per heavy atom. The number of carbonyl (C=O) groups excluding carboxylic acids is 1. The zero-order valence-electron chi connectivity index (χ0n) is 12.4. The maximum atomic E-state index is 12.5. The molecule has 116 valence electrons. The fourth-order valence-corrected chi connectivity index (χ4v) is 3.02. The average Bonchev–Trinajstić information content (AvgIpc) is 2.95. The van der Waals surface area contributed by atoms with Gasteiger partial charge in [-0.3, -0.25) is 4.79 Å². The monoisotopic (exact) mass is 328 g/mol. The van der Waals surface area contributed by atoms with Gasteiger partial charge in [-0.2, -0.15) is 0 Å². The van der Waals surface area contributed by atoms with Gasteiger partial charge in [0, 0.05) is 19.1 Å². The molecule has 5 heteroatoms. The van der Waals surface area contributed by atoms with Crippen LogP contribution in [0.1, 0.15) is 31.7 Å². The van der Waals surface area contributed by atoms with Crippen molar-refractivity contribution in [2.75, 3.05) is 19.6 Å². The average molecular weight is 329 g/mol. The summed E-state index contributed by atoms with van der Waals surface area (Å²) in [5.74, 6) is 0.156. The van der Waals surface area contributed by atoms with Crippen molar-refractivity contribution >= 4 is 29.1 Å². The van der Waals surface area contributed by atoms with Gasteiger partial charge < -0.3 is 10.2 Å². The molecule has 1 aliphatic rings. The summed E-state index contributed by atoms with van der Waals surface area (Å²) in [5, 5.41) is 4.47. The van der Waals surface area contributed by atoms with Gasteiger partial charge in [-0.05, 0) is 43.5 Å². The molecule has 1 N–H and O–H groups in total. The van der Waals surface area contributed by atoms with Gasteiger partial charge in [0.1, 0.15) is 0 Å². The molecule has 1 heterocycles. The van der Waals surface area contributed by atoms with Crippen LogP contribution in [0.2, 0.25) is 10.0 Å². The molecule has 1 aromatic carbocycles. The molecule has 0 saturated carbocycles. The lowest BCUT2D eigenvalue weighted by molar-refractivity contribution is -0.130. The van der Waals surface area contributed by atoms with Crippen molar-refractivity contribution in [1.29, 1.82) is 0 Å². The van der Waals surface area contributed by atoms with Crippen LogP contribution in [0.3, 0.4) is 0 Å². The molecule has 21 heavy (non-hydrogen) atoms. The van der Waals surface area contributed by atoms with Gasteiger partial charge in [0.15, 0.2) is 0 Å². The third kappa shape index (κ3) is 4.87. The normalized spacial score (nSPS) is 18.0. The van der Waals surface area contributed by atoms with E-state index in [1.54, 1.807) is 12.1 Å². The van der Waals surface area contributed by atoms with Crippen molar-refractivity contribution in [3.05, 3.63) is 33.8 Å². The fraction of sp³-hybridized carbons (Fsp3) is 0.562. The Kier molecular flexibility index (Phi) is 6.34. The minimum atomic E-state index is 0.156. The van der Waals surface area contributed by atoms with E-state index in [0.717, 1.165) is 38.0 Å². The van der Waals surface area contributed by atoms with Crippen LogP contribution in [0, 0.1) is 0 Å². The lowest BCUT2D eigenvalue weighted by Gasteiger charge is -2.25. The van der Waals surface area contributed by atoms with Crippen molar-refractivity contribution in [2.45, 2.75) is 38.6 Å². The van der Waals surface area contributed by atoms with Crippen LogP contribution in [0.4, 0.5) is 0 Å². The summed E-state index contributed by atoms with van der Waals surface area (Å²) in [5.41, 5.74) is 0.912. The highest BCUT2D eigenvalue weighted by Crippen LogP contribution is 2.23. The van der Waals surface area contributed by atoms with Crippen molar-refractivity contribution in [1.82, 2.24) is 10.2 Å². The highest BCUT2D eigenvalue weighted by Gasteiger charge is 2.21. The number of hydrogen-bond donors (Lipinski definition) is 1. The second-order valence-electron chi connectivity index (χ2n) is 5.56. The van der Waals surface area contributed by atoms with Gasteiger partial charge in [0.25, 0.3) is 0 Å². The largest absolute Gasteiger partial charge is 0.341 e. The summed E-state index contributed by atoms with van der Waals surface area (Å²) in [6, 6.07) is 5.83. The van der Waals surface area contributed by atoms with Crippen LogP contribution in [0.25, 0.3) is 0 Å². The van der Waals surface area contributed by atoms with Crippen LogP contribution in [0.15, 0.2) is 18.2 Å². The smallest absolute Gasteiger partial charge is 0.227 e. The molecule has 0 aliphatic carbocycles. The number of amides is 1. The third-order valence-corrected chi connectivity index (χ3v) is 4.53. The van der Waals surface area contributed by atoms with E-state index in [1.165, 1.54) is 6.42 Å². The third-order valence-electron chi connectivity index (χ3n) is 3.79. The van der Waals surface area contributed by atoms with Crippen molar-refractivity contribution in [2.24, 2.45) is 0 Å². The Hall–Kier alpha value is -0.770. The van der Waals surface area contributed by atoms with Crippen LogP contribution < -0.4 is 5.32 Å². The second kappa shape index (κ2) is 8.02. The molecule has 1 amide bonds. The zero-order valence-corrected chi connectivity index (χ0v) is 13.9. The van der Waals surface area contributed by atoms with Gasteiger partial charge in [0.05, 0.1) is 16.5 Å². The van der Waals surface area contributed by atoms with Crippen LogP contribution in [-0.4, -0.2) is 36.5 Å². The maximum Gasteiger partial charge on any atom is 0.227 e. The first-order valence-electron chi connectivity index (χ1n) is 7.55. The molecule has 1 atom stereocenters. The number of hydrogen-bond acceptors (Lipinski definition) is 2. The zero-order chi connectivity index (χ0) is 15.2. The Balaban J connectivity index is 1.98. The molecular formula is C16H22Cl2N2O. The van der Waals surface area contributed by atoms with E-state index in [9.17, 15) is 4.79 Å². The second-order valence-corrected chi connectivity index (χ2v) is 6.37. The summed E-state index contributed by atoms with van der Waals surface area (Å²) >= 11 is 11.9. The van der Waals surface area contributed by atoms with E-state index in [-0.39, 0.29) is 5.91 Å². The maximum absolute atomic E-state index is 12.5. The highest BCUT2D eigenvalue weighted by atomic mass is 35.5. The topological polar surface area (TPSA) is 32.3 Å². The number of halogens is 2. The van der Waals surface area contributed by atoms with E-state index >= 15 is 0 Å². The Labute approximate surface area is 136 Å². The highest BCUT2D eigenvalue weighted by molar-refractivity contribution is 6.42. The number of rotatable bonds is 6. The lowest BCUT2D eigenvalue weighted by Crippen LogP contribution is -2.42. The van der Waals surface area contributed by atoms with Gasteiger partial charge >= 0.3 is 0 Å². The first-order valence-corrected chi connectivity index (χ1v) is 8.31. The molecule has 1 fully saturated rings. The molecule has 1 aliphatic heterocycles. The van der Waals surface area contributed by atoms with Crippen LogP contribution in [-0.2, 0) is 11.2 Å². The number of carbonyl (C=O) groups is 1. The summed E-state index contributed by atoms with van der Waals surface area (Å²) < 4.78 is 0. The van der Waals surface area contributed by atoms with Crippen molar-refractivity contribution in [3.63, 3.8) is 0 Å². The molecule has 0 aromatic heterocycles. The SMILES string of the molecule is CCCN(CC1CCCN1)C(=O)Cc1ccc(Cl)c(Cl)c1. The van der Waals surface area contributed by atoms with E-state index < -0.39 is 0 Å². The minimum absolute atomic E-state index is 0.156. The molecule has 1 saturated heterocycles. The fourth-order valence-electron chi connectivity index (χ4n) is 2.70. The van der Waals surface area contributed by atoms with E-state index in [4.69, 9.17) is 23.2 Å². The quantitative estimate of drug-likeness (QED) is 0.866. The molecule has 3 nitrogen and oxygen atoms in total. The molecule has 0 radical (unpaired) electrons. The van der Waals surface area contributed by atoms with E-state index in [1.807, 2.05) is 11.0 Å². The predicted octanol–water partition coefficient (Wildman–Crippen LogP) is 3.53. The first-order chi connectivity index (χ1) is 10.1. The van der Waals surface area contributed by atoms with Gasteiger partial charge in [0.2, 0.25) is 5.91 Å². The number of nitrogens with zero attached hydrogens (tertiary/aromatic N) is 1. The molecule has 1 unspecified atom stereocenters. The van der Waals surface area contributed by atoms with Gasteiger partial charge in [-0.15, -0.1) is 0 Å². The number of nitrogens with one attached hydrogen (secondary N) is 1. The molecule has 0 spiro atoms. The van der Waals surface area contributed by atoms with E-state index in [2.05, 4.69) is 12.2 Å². The van der Waals surface area contributed by atoms with Crippen LogP contribution >= 0.6 is 23.2 Å². The standard InChI is InChI=1S/C16H22Cl2N2O/c1-2-8-20(11-13-4-3-7-19-13)16(21)10-12-5-6-14(17)15(18)9-12/h5-6,9,13,19H,2-4,7-8,10-11H2,1H3. The van der Waals surface area contributed by atoms with Crippen LogP contribution in [0.5, 0.6) is 0 Å². The number of benzene rings is 1. The molecule has 2 rings (SSSR count). The molecular weight excluding hydrogens is 307 g/mol. The summed E-state index contributed by atoms with van der Waals surface area (Å²) in [6.45, 7) is 4.76.